The Morgan fingerprint density at radius 2 is 1.79 bits per heavy atom. The number of carbonyl (C=O) groups is 3. The minimum absolute atomic E-state index is 0.161. The van der Waals surface area contributed by atoms with Crippen LogP contribution in [0.1, 0.15) is 38.4 Å². The number of hydrogen-bond donors (Lipinski definition) is 2. The standard InChI is InChI=1S/C25H29N3O5/c1-16-5-8-19(13-26-16)18-9-6-17(7-10-18)15-28-12-11-20(29)22(24(28)32)23(31)27-14-21(30)33-25(2,3)4/h5-10,13,29H,11-12,14-15H2,1-4H3,(H,27,31). The maximum Gasteiger partial charge on any atom is 0.325 e. The van der Waals surface area contributed by atoms with Crippen LogP contribution < -0.4 is 5.32 Å². The van der Waals surface area contributed by atoms with E-state index < -0.39 is 29.9 Å². The van der Waals surface area contributed by atoms with Gasteiger partial charge in [-0.2, -0.15) is 0 Å². The second-order valence-electron chi connectivity index (χ2n) is 8.95. The van der Waals surface area contributed by atoms with Crippen molar-refractivity contribution in [2.75, 3.05) is 13.1 Å². The number of aryl methyl sites for hydroxylation is 1. The van der Waals surface area contributed by atoms with Gasteiger partial charge in [0.05, 0.1) is 0 Å². The van der Waals surface area contributed by atoms with Crippen LogP contribution in [0, 0.1) is 6.92 Å². The van der Waals surface area contributed by atoms with Crippen LogP contribution in [0.25, 0.3) is 11.1 Å². The lowest BCUT2D eigenvalue weighted by atomic mass is 10.0. The molecular weight excluding hydrogens is 422 g/mol. The number of hydrogen-bond acceptors (Lipinski definition) is 6. The van der Waals surface area contributed by atoms with Crippen LogP contribution in [-0.2, 0) is 25.7 Å². The van der Waals surface area contributed by atoms with Gasteiger partial charge >= 0.3 is 5.97 Å². The fourth-order valence-corrected chi connectivity index (χ4v) is 3.41. The summed E-state index contributed by atoms with van der Waals surface area (Å²) in [6.07, 6.45) is 1.97. The molecule has 1 aliphatic rings. The van der Waals surface area contributed by atoms with Crippen molar-refractivity contribution in [2.45, 2.75) is 46.3 Å². The van der Waals surface area contributed by atoms with Crippen molar-refractivity contribution in [2.24, 2.45) is 0 Å². The summed E-state index contributed by atoms with van der Waals surface area (Å²) in [6.45, 7) is 7.27. The van der Waals surface area contributed by atoms with Crippen LogP contribution in [0.5, 0.6) is 0 Å². The van der Waals surface area contributed by atoms with Crippen LogP contribution in [0.3, 0.4) is 0 Å². The molecule has 0 saturated heterocycles. The summed E-state index contributed by atoms with van der Waals surface area (Å²) in [7, 11) is 0. The van der Waals surface area contributed by atoms with Gasteiger partial charge in [-0.3, -0.25) is 19.4 Å². The Morgan fingerprint density at radius 1 is 1.12 bits per heavy atom. The van der Waals surface area contributed by atoms with E-state index in [0.717, 1.165) is 22.4 Å². The number of rotatable bonds is 6. The van der Waals surface area contributed by atoms with Crippen molar-refractivity contribution in [1.29, 1.82) is 0 Å². The van der Waals surface area contributed by atoms with Crippen LogP contribution in [-0.4, -0.2) is 51.5 Å². The van der Waals surface area contributed by atoms with E-state index in [1.54, 1.807) is 20.8 Å². The van der Waals surface area contributed by atoms with Crippen molar-refractivity contribution in [1.82, 2.24) is 15.2 Å². The minimum Gasteiger partial charge on any atom is -0.511 e. The first kappa shape index (κ1) is 24.0. The van der Waals surface area contributed by atoms with Gasteiger partial charge in [-0.1, -0.05) is 30.3 Å². The normalized spacial score (nSPS) is 14.3. The van der Waals surface area contributed by atoms with E-state index >= 15 is 0 Å². The molecule has 2 amide bonds. The average Bonchev–Trinajstić information content (AvgIpc) is 2.74. The second kappa shape index (κ2) is 9.85. The lowest BCUT2D eigenvalue weighted by molar-refractivity contribution is -0.154. The van der Waals surface area contributed by atoms with E-state index in [-0.39, 0.29) is 24.3 Å². The molecule has 0 radical (unpaired) electrons. The Balaban J connectivity index is 1.63. The first-order valence-electron chi connectivity index (χ1n) is 10.8. The molecule has 1 aromatic carbocycles. The highest BCUT2D eigenvalue weighted by molar-refractivity contribution is 6.19. The van der Waals surface area contributed by atoms with E-state index in [4.69, 9.17) is 4.74 Å². The highest BCUT2D eigenvalue weighted by Gasteiger charge is 2.32. The maximum atomic E-state index is 12.9. The quantitative estimate of drug-likeness (QED) is 0.516. The molecule has 0 aliphatic carbocycles. The third kappa shape index (κ3) is 6.41. The average molecular weight is 452 g/mol. The second-order valence-corrected chi connectivity index (χ2v) is 8.95. The summed E-state index contributed by atoms with van der Waals surface area (Å²) in [5.74, 6) is -2.28. The Morgan fingerprint density at radius 3 is 2.39 bits per heavy atom. The maximum absolute atomic E-state index is 12.9. The number of nitrogens with one attached hydrogen (secondary N) is 1. The summed E-state index contributed by atoms with van der Waals surface area (Å²) in [4.78, 5) is 43.1. The number of esters is 1. The van der Waals surface area contributed by atoms with E-state index in [1.807, 2.05) is 49.5 Å². The number of pyridine rings is 1. The van der Waals surface area contributed by atoms with Crippen LogP contribution in [0.15, 0.2) is 53.9 Å². The predicted octanol–water partition coefficient (Wildman–Crippen LogP) is 3.06. The Kier molecular flexibility index (Phi) is 7.16. The smallest absolute Gasteiger partial charge is 0.325 e. The summed E-state index contributed by atoms with van der Waals surface area (Å²) in [6, 6.07) is 11.7. The monoisotopic (exact) mass is 451 g/mol. The van der Waals surface area contributed by atoms with Crippen molar-refractivity contribution >= 4 is 17.8 Å². The molecule has 2 heterocycles. The van der Waals surface area contributed by atoms with Gasteiger partial charge in [0.25, 0.3) is 11.8 Å². The van der Waals surface area contributed by atoms with Gasteiger partial charge in [0.2, 0.25) is 0 Å². The molecule has 0 atom stereocenters. The molecule has 174 valence electrons. The molecule has 8 heteroatoms. The van der Waals surface area contributed by atoms with Crippen molar-refractivity contribution in [3.63, 3.8) is 0 Å². The number of benzene rings is 1. The van der Waals surface area contributed by atoms with Gasteiger partial charge in [0, 0.05) is 37.0 Å². The first-order valence-corrected chi connectivity index (χ1v) is 10.8. The van der Waals surface area contributed by atoms with Gasteiger partial charge in [-0.15, -0.1) is 0 Å². The third-order valence-corrected chi connectivity index (χ3v) is 5.02. The van der Waals surface area contributed by atoms with Gasteiger partial charge in [0.15, 0.2) is 0 Å². The topological polar surface area (TPSA) is 109 Å². The molecule has 0 unspecified atom stereocenters. The fraction of sp³-hybridized carbons (Fsp3) is 0.360. The van der Waals surface area contributed by atoms with E-state index in [1.165, 1.54) is 4.90 Å². The van der Waals surface area contributed by atoms with Gasteiger partial charge in [-0.25, -0.2) is 0 Å². The number of ether oxygens (including phenoxy) is 1. The lowest BCUT2D eigenvalue weighted by Gasteiger charge is -2.28. The number of aromatic nitrogens is 1. The Bertz CT molecular complexity index is 1070. The summed E-state index contributed by atoms with van der Waals surface area (Å²) < 4.78 is 5.15. The molecule has 0 fully saturated rings. The summed E-state index contributed by atoms with van der Waals surface area (Å²) in [5, 5.41) is 12.5. The van der Waals surface area contributed by atoms with E-state index in [9.17, 15) is 19.5 Å². The number of carbonyl (C=O) groups excluding carboxylic acids is 3. The molecule has 2 N–H and O–H groups in total. The van der Waals surface area contributed by atoms with Crippen LogP contribution >= 0.6 is 0 Å². The molecule has 3 rings (SSSR count). The van der Waals surface area contributed by atoms with E-state index in [0.29, 0.717) is 6.54 Å². The molecular formula is C25H29N3O5. The highest BCUT2D eigenvalue weighted by Crippen LogP contribution is 2.23. The SMILES string of the molecule is Cc1ccc(-c2ccc(CN3CCC(O)=C(C(=O)NCC(=O)OC(C)(C)C)C3=O)cc2)cn1. The van der Waals surface area contributed by atoms with Gasteiger partial charge < -0.3 is 20.1 Å². The zero-order valence-corrected chi connectivity index (χ0v) is 19.3. The zero-order chi connectivity index (χ0) is 24.2. The van der Waals surface area contributed by atoms with Crippen molar-refractivity contribution in [3.8, 4) is 11.1 Å². The lowest BCUT2D eigenvalue weighted by Crippen LogP contribution is -2.43. The highest BCUT2D eigenvalue weighted by atomic mass is 16.6. The molecule has 8 nitrogen and oxygen atoms in total. The molecule has 33 heavy (non-hydrogen) atoms. The van der Waals surface area contributed by atoms with Crippen LogP contribution in [0.2, 0.25) is 0 Å². The third-order valence-electron chi connectivity index (χ3n) is 5.02. The molecule has 2 aromatic rings. The predicted molar refractivity (Wildman–Crippen MR) is 123 cm³/mol. The molecule has 0 spiro atoms. The zero-order valence-electron chi connectivity index (χ0n) is 19.3. The van der Waals surface area contributed by atoms with Gasteiger partial charge in [0.1, 0.15) is 23.5 Å². The minimum atomic E-state index is -0.796. The van der Waals surface area contributed by atoms with Gasteiger partial charge in [-0.05, 0) is 44.9 Å². The number of nitrogens with zero attached hydrogens (tertiary/aromatic N) is 2. The molecule has 1 aliphatic heterocycles. The number of aliphatic hydroxyl groups is 1. The summed E-state index contributed by atoms with van der Waals surface area (Å²) >= 11 is 0. The molecule has 1 aromatic heterocycles. The molecule has 0 saturated carbocycles. The molecule has 0 bridgehead atoms. The number of amides is 2. The first-order chi connectivity index (χ1) is 15.5. The van der Waals surface area contributed by atoms with E-state index in [2.05, 4.69) is 10.3 Å². The van der Waals surface area contributed by atoms with Crippen molar-refractivity contribution in [3.05, 3.63) is 65.2 Å². The Labute approximate surface area is 193 Å². The fourth-order valence-electron chi connectivity index (χ4n) is 3.41. The largest absolute Gasteiger partial charge is 0.511 e. The van der Waals surface area contributed by atoms with Crippen molar-refractivity contribution < 1.29 is 24.2 Å². The number of aliphatic hydroxyl groups excluding tert-OH is 1. The Hall–Kier alpha value is -3.68. The van der Waals surface area contributed by atoms with Crippen LogP contribution in [0.4, 0.5) is 0 Å². The summed E-state index contributed by atoms with van der Waals surface area (Å²) in [5.41, 5.74) is 2.82.